The van der Waals surface area contributed by atoms with E-state index in [2.05, 4.69) is 10.3 Å². The maximum absolute atomic E-state index is 13.6. The lowest BCUT2D eigenvalue weighted by Crippen LogP contribution is -2.25. The van der Waals surface area contributed by atoms with Crippen LogP contribution in [0.4, 0.5) is 4.39 Å². The Labute approximate surface area is 149 Å². The second-order valence-electron chi connectivity index (χ2n) is 5.55. The highest BCUT2D eigenvalue weighted by Crippen LogP contribution is 2.28. The van der Waals surface area contributed by atoms with E-state index in [4.69, 9.17) is 16.0 Å². The zero-order valence-corrected chi connectivity index (χ0v) is 14.3. The van der Waals surface area contributed by atoms with Crippen LogP contribution in [0.3, 0.4) is 0 Å². The van der Waals surface area contributed by atoms with Gasteiger partial charge in [0.15, 0.2) is 0 Å². The molecule has 0 spiro atoms. The number of oxazole rings is 1. The van der Waals surface area contributed by atoms with Gasteiger partial charge in [0, 0.05) is 12.1 Å². The number of aromatic nitrogens is 1. The van der Waals surface area contributed by atoms with Crippen molar-refractivity contribution >= 4 is 17.5 Å². The van der Waals surface area contributed by atoms with Gasteiger partial charge in [-0.2, -0.15) is 0 Å². The van der Waals surface area contributed by atoms with E-state index in [-0.39, 0.29) is 24.7 Å². The molecule has 0 bridgehead atoms. The smallest absolute Gasteiger partial charge is 0.228 e. The Bertz CT molecular complexity index is 908. The number of carbonyl (C=O) groups is 1. The van der Waals surface area contributed by atoms with Crippen molar-refractivity contribution in [3.05, 3.63) is 76.4 Å². The average Bonchev–Trinajstić information content (AvgIpc) is 2.95. The summed E-state index contributed by atoms with van der Waals surface area (Å²) in [5, 5.41) is 3.22. The van der Waals surface area contributed by atoms with Gasteiger partial charge in [0.25, 0.3) is 0 Å². The molecule has 25 heavy (non-hydrogen) atoms. The highest BCUT2D eigenvalue weighted by Gasteiger charge is 2.16. The minimum absolute atomic E-state index is 0.0498. The summed E-state index contributed by atoms with van der Waals surface area (Å²) < 4.78 is 19.2. The third-order valence-electron chi connectivity index (χ3n) is 3.76. The largest absolute Gasteiger partial charge is 0.441 e. The van der Waals surface area contributed by atoms with Crippen LogP contribution in [-0.2, 0) is 17.8 Å². The van der Waals surface area contributed by atoms with Gasteiger partial charge in [-0.1, -0.05) is 41.9 Å². The molecule has 0 saturated heterocycles. The topological polar surface area (TPSA) is 55.1 Å². The number of amides is 1. The summed E-state index contributed by atoms with van der Waals surface area (Å²) in [4.78, 5) is 16.5. The number of nitrogens with zero attached hydrogens (tertiary/aromatic N) is 1. The summed E-state index contributed by atoms with van der Waals surface area (Å²) in [6.45, 7) is 1.87. The van der Waals surface area contributed by atoms with Crippen molar-refractivity contribution in [3.63, 3.8) is 0 Å². The van der Waals surface area contributed by atoms with E-state index in [9.17, 15) is 9.18 Å². The first-order valence-corrected chi connectivity index (χ1v) is 8.13. The van der Waals surface area contributed by atoms with Crippen LogP contribution in [0, 0.1) is 12.7 Å². The quantitative estimate of drug-likeness (QED) is 0.739. The Morgan fingerprint density at radius 3 is 2.68 bits per heavy atom. The Morgan fingerprint density at radius 1 is 1.20 bits per heavy atom. The summed E-state index contributed by atoms with van der Waals surface area (Å²) in [6.07, 6.45) is 0.0498. The molecule has 0 saturated carbocycles. The molecule has 1 heterocycles. The van der Waals surface area contributed by atoms with E-state index in [0.717, 1.165) is 0 Å². The molecule has 1 N–H and O–H groups in total. The Balaban J connectivity index is 1.68. The minimum Gasteiger partial charge on any atom is -0.441 e. The number of rotatable bonds is 5. The number of hydrogen-bond donors (Lipinski definition) is 1. The van der Waals surface area contributed by atoms with Gasteiger partial charge in [0.05, 0.1) is 22.7 Å². The standard InChI is InChI=1S/C19H16ClFN2O2/c1-12-17(23-19(25-12)14-7-3-4-8-15(14)20)10-18(24)22-11-13-6-2-5-9-16(13)21/h2-9H,10-11H2,1H3,(H,22,24). The maximum Gasteiger partial charge on any atom is 0.228 e. The molecule has 0 aliphatic carbocycles. The number of carbonyl (C=O) groups excluding carboxylic acids is 1. The predicted molar refractivity (Wildman–Crippen MR) is 93.6 cm³/mol. The second-order valence-corrected chi connectivity index (χ2v) is 5.95. The number of nitrogens with one attached hydrogen (secondary N) is 1. The van der Waals surface area contributed by atoms with E-state index in [1.54, 1.807) is 37.3 Å². The molecule has 6 heteroatoms. The maximum atomic E-state index is 13.6. The molecule has 0 fully saturated rings. The fourth-order valence-electron chi connectivity index (χ4n) is 2.39. The molecule has 128 valence electrons. The summed E-state index contributed by atoms with van der Waals surface area (Å²) in [6, 6.07) is 13.5. The number of aryl methyl sites for hydroxylation is 1. The van der Waals surface area contributed by atoms with Crippen LogP contribution < -0.4 is 5.32 Å². The molecule has 0 unspecified atom stereocenters. The van der Waals surface area contributed by atoms with Gasteiger partial charge in [0.1, 0.15) is 11.6 Å². The SMILES string of the molecule is Cc1oc(-c2ccccc2Cl)nc1CC(=O)NCc1ccccc1F. The molecule has 1 aromatic heterocycles. The lowest BCUT2D eigenvalue weighted by molar-refractivity contribution is -0.120. The number of halogens is 2. The molecule has 3 rings (SSSR count). The first-order valence-electron chi connectivity index (χ1n) is 7.76. The molecular formula is C19H16ClFN2O2. The minimum atomic E-state index is -0.346. The molecule has 1 amide bonds. The average molecular weight is 359 g/mol. The van der Waals surface area contributed by atoms with Gasteiger partial charge in [-0.05, 0) is 25.1 Å². The van der Waals surface area contributed by atoms with Gasteiger partial charge in [-0.15, -0.1) is 0 Å². The van der Waals surface area contributed by atoms with Gasteiger partial charge in [0.2, 0.25) is 11.8 Å². The Kier molecular flexibility index (Phi) is 5.14. The van der Waals surface area contributed by atoms with Crippen molar-refractivity contribution in [3.8, 4) is 11.5 Å². The van der Waals surface area contributed by atoms with Crippen molar-refractivity contribution in [1.82, 2.24) is 10.3 Å². The number of hydrogen-bond acceptors (Lipinski definition) is 3. The lowest BCUT2D eigenvalue weighted by Gasteiger charge is -2.05. The normalized spacial score (nSPS) is 10.7. The summed E-state index contributed by atoms with van der Waals surface area (Å²) >= 11 is 6.14. The Hall–Kier alpha value is -2.66. The Morgan fingerprint density at radius 2 is 1.92 bits per heavy atom. The van der Waals surface area contributed by atoms with Crippen molar-refractivity contribution in [2.75, 3.05) is 0 Å². The molecule has 0 aliphatic rings. The first-order chi connectivity index (χ1) is 12.0. The monoisotopic (exact) mass is 358 g/mol. The van der Waals surface area contributed by atoms with E-state index < -0.39 is 0 Å². The van der Waals surface area contributed by atoms with Gasteiger partial charge in [-0.25, -0.2) is 9.37 Å². The summed E-state index contributed by atoms with van der Waals surface area (Å²) in [5.74, 6) is 0.322. The van der Waals surface area contributed by atoms with Crippen LogP contribution in [-0.4, -0.2) is 10.9 Å². The fourth-order valence-corrected chi connectivity index (χ4v) is 2.61. The van der Waals surface area contributed by atoms with Crippen molar-refractivity contribution < 1.29 is 13.6 Å². The summed E-state index contributed by atoms with van der Waals surface area (Å²) in [5.41, 5.74) is 1.63. The fraction of sp³-hybridized carbons (Fsp3) is 0.158. The van der Waals surface area contributed by atoms with E-state index in [1.807, 2.05) is 12.1 Å². The van der Waals surface area contributed by atoms with Crippen molar-refractivity contribution in [2.45, 2.75) is 19.9 Å². The third-order valence-corrected chi connectivity index (χ3v) is 4.09. The van der Waals surface area contributed by atoms with Crippen LogP contribution in [0.5, 0.6) is 0 Å². The molecule has 4 nitrogen and oxygen atoms in total. The van der Waals surface area contributed by atoms with Gasteiger partial charge < -0.3 is 9.73 Å². The van der Waals surface area contributed by atoms with E-state index in [1.165, 1.54) is 6.07 Å². The molecule has 3 aromatic rings. The molecule has 0 radical (unpaired) electrons. The highest BCUT2D eigenvalue weighted by atomic mass is 35.5. The van der Waals surface area contributed by atoms with E-state index >= 15 is 0 Å². The summed E-state index contributed by atoms with van der Waals surface area (Å²) in [7, 11) is 0. The number of benzene rings is 2. The van der Waals surface area contributed by atoms with Gasteiger partial charge in [-0.3, -0.25) is 4.79 Å². The van der Waals surface area contributed by atoms with E-state index in [0.29, 0.717) is 33.5 Å². The third kappa shape index (κ3) is 4.06. The molecule has 0 aliphatic heterocycles. The van der Waals surface area contributed by atoms with Crippen LogP contribution in [0.25, 0.3) is 11.5 Å². The van der Waals surface area contributed by atoms with Crippen LogP contribution in [0.15, 0.2) is 52.9 Å². The van der Waals surface area contributed by atoms with Crippen LogP contribution in [0.1, 0.15) is 17.0 Å². The zero-order chi connectivity index (χ0) is 17.8. The zero-order valence-electron chi connectivity index (χ0n) is 13.6. The lowest BCUT2D eigenvalue weighted by atomic mass is 10.2. The highest BCUT2D eigenvalue weighted by molar-refractivity contribution is 6.33. The van der Waals surface area contributed by atoms with Crippen molar-refractivity contribution in [1.29, 1.82) is 0 Å². The van der Waals surface area contributed by atoms with Crippen LogP contribution >= 0.6 is 11.6 Å². The second kappa shape index (κ2) is 7.49. The molecular weight excluding hydrogens is 343 g/mol. The first kappa shape index (κ1) is 17.2. The molecule has 0 atom stereocenters. The van der Waals surface area contributed by atoms with Gasteiger partial charge >= 0.3 is 0 Å². The van der Waals surface area contributed by atoms with Crippen molar-refractivity contribution in [2.24, 2.45) is 0 Å². The van der Waals surface area contributed by atoms with Crippen LogP contribution in [0.2, 0.25) is 5.02 Å². The molecule has 2 aromatic carbocycles. The predicted octanol–water partition coefficient (Wildman–Crippen LogP) is 4.30.